The van der Waals surface area contributed by atoms with Crippen molar-refractivity contribution in [1.82, 2.24) is 15.1 Å². The van der Waals surface area contributed by atoms with Crippen LogP contribution in [0.15, 0.2) is 78.9 Å². The van der Waals surface area contributed by atoms with E-state index < -0.39 is 24.0 Å². The second kappa shape index (κ2) is 13.1. The largest absolute Gasteiger partial charge is 0.497 e. The number of nitrogens with one attached hydrogen (secondary N) is 1. The zero-order chi connectivity index (χ0) is 28.6. The number of halogens is 1. The molecule has 4 rings (SSSR count). The average molecular weight is 564 g/mol. The first kappa shape index (κ1) is 28.7. The highest BCUT2D eigenvalue weighted by Crippen LogP contribution is 2.24. The number of rotatable bonds is 12. The Balaban J connectivity index is 1.43. The number of carbonyl (C=O) groups excluding carboxylic acids is 1. The summed E-state index contributed by atoms with van der Waals surface area (Å²) >= 11 is 6.10. The maximum absolute atomic E-state index is 13.1. The van der Waals surface area contributed by atoms with E-state index in [0.29, 0.717) is 17.3 Å². The topological polar surface area (TPSA) is 123 Å². The van der Waals surface area contributed by atoms with Crippen molar-refractivity contribution in [2.45, 2.75) is 31.6 Å². The summed E-state index contributed by atoms with van der Waals surface area (Å²) in [6.45, 7) is 0.267. The summed E-state index contributed by atoms with van der Waals surface area (Å²) in [5.41, 5.74) is 3.81. The fraction of sp³-hybridized carbons (Fsp3) is 0.233. The Bertz CT molecular complexity index is 1450. The van der Waals surface area contributed by atoms with Crippen LogP contribution in [0, 0.1) is 0 Å². The van der Waals surface area contributed by atoms with Crippen molar-refractivity contribution in [1.29, 1.82) is 0 Å². The number of aliphatic carboxylic acids is 1. The van der Waals surface area contributed by atoms with Gasteiger partial charge in [-0.25, -0.2) is 9.48 Å². The molecule has 0 aliphatic heterocycles. The van der Waals surface area contributed by atoms with Crippen LogP contribution in [0.25, 0.3) is 11.1 Å². The number of amides is 1. The van der Waals surface area contributed by atoms with E-state index in [1.54, 1.807) is 20.2 Å². The first-order valence-electron chi connectivity index (χ1n) is 12.6. The Morgan fingerprint density at radius 1 is 1.00 bits per heavy atom. The Kier molecular flexibility index (Phi) is 9.42. The molecule has 0 aliphatic carbocycles. The molecule has 4 aromatic rings. The molecule has 0 saturated heterocycles. The zero-order valence-corrected chi connectivity index (χ0v) is 22.8. The Morgan fingerprint density at radius 2 is 1.70 bits per heavy atom. The summed E-state index contributed by atoms with van der Waals surface area (Å²) in [6, 6.07) is 23.4. The third-order valence-electron chi connectivity index (χ3n) is 6.34. The van der Waals surface area contributed by atoms with Crippen molar-refractivity contribution in [3.05, 3.63) is 101 Å². The normalized spacial score (nSPS) is 12.4. The summed E-state index contributed by atoms with van der Waals surface area (Å²) in [5.74, 6) is -0.738. The monoisotopic (exact) mass is 563 g/mol. The Hall–Kier alpha value is -4.34. The first-order chi connectivity index (χ1) is 19.2. The zero-order valence-electron chi connectivity index (χ0n) is 22.1. The lowest BCUT2D eigenvalue weighted by molar-refractivity contribution is -0.147. The number of ether oxygens (including phenoxy) is 2. The molecule has 1 amide bonds. The number of carbonyl (C=O) groups is 2. The number of aliphatic hydroxyl groups excluding tert-OH is 1. The van der Waals surface area contributed by atoms with Gasteiger partial charge in [-0.15, -0.1) is 0 Å². The standard InChI is InChI=1S/C30H30ClN3O6/c1-34-28(40-18-20-8-12-25(39-2)13-9-20)17-26(33-34)29(36)32-24(16-27(35)30(37)38)14-19-6-10-21(11-7-19)22-4-3-5-23(31)15-22/h3-13,15,17,24,27,35H,14,16,18H2,1-2H3,(H,32,36)(H,37,38). The molecule has 40 heavy (non-hydrogen) atoms. The molecule has 3 N–H and O–H groups in total. The molecule has 9 nitrogen and oxygen atoms in total. The minimum Gasteiger partial charge on any atom is -0.497 e. The summed E-state index contributed by atoms with van der Waals surface area (Å²) in [4.78, 5) is 24.4. The highest BCUT2D eigenvalue weighted by Gasteiger charge is 2.24. The number of aryl methyl sites for hydroxylation is 1. The molecule has 1 heterocycles. The molecule has 1 aromatic heterocycles. The molecule has 3 aromatic carbocycles. The van der Waals surface area contributed by atoms with Gasteiger partial charge in [0.25, 0.3) is 5.91 Å². The quantitative estimate of drug-likeness (QED) is 0.232. The Labute approximate surface area is 236 Å². The first-order valence-corrected chi connectivity index (χ1v) is 13.0. The molecular weight excluding hydrogens is 534 g/mol. The number of methoxy groups -OCH3 is 1. The van der Waals surface area contributed by atoms with Crippen LogP contribution < -0.4 is 14.8 Å². The number of benzene rings is 3. The number of aromatic nitrogens is 2. The maximum atomic E-state index is 13.1. The van der Waals surface area contributed by atoms with Crippen LogP contribution in [0.5, 0.6) is 11.6 Å². The lowest BCUT2D eigenvalue weighted by Gasteiger charge is -2.20. The van der Waals surface area contributed by atoms with E-state index in [4.69, 9.17) is 21.1 Å². The molecule has 10 heteroatoms. The van der Waals surface area contributed by atoms with E-state index in [1.807, 2.05) is 66.7 Å². The van der Waals surface area contributed by atoms with Gasteiger partial charge in [-0.1, -0.05) is 60.1 Å². The van der Waals surface area contributed by atoms with E-state index in [1.165, 1.54) is 10.7 Å². The molecule has 0 bridgehead atoms. The van der Waals surface area contributed by atoms with Crippen molar-refractivity contribution in [2.75, 3.05) is 7.11 Å². The van der Waals surface area contributed by atoms with Crippen LogP contribution in [0.3, 0.4) is 0 Å². The van der Waals surface area contributed by atoms with Crippen molar-refractivity contribution < 1.29 is 29.3 Å². The van der Waals surface area contributed by atoms with E-state index in [-0.39, 0.29) is 18.7 Å². The fourth-order valence-corrected chi connectivity index (χ4v) is 4.37. The summed E-state index contributed by atoms with van der Waals surface area (Å²) in [6.07, 6.45) is -1.51. The van der Waals surface area contributed by atoms with E-state index in [0.717, 1.165) is 28.0 Å². The molecular formula is C30H30ClN3O6. The van der Waals surface area contributed by atoms with Crippen molar-refractivity contribution in [2.24, 2.45) is 7.05 Å². The predicted molar refractivity (Wildman–Crippen MR) is 151 cm³/mol. The minimum absolute atomic E-state index is 0.110. The van der Waals surface area contributed by atoms with Gasteiger partial charge in [0.1, 0.15) is 12.4 Å². The fourth-order valence-electron chi connectivity index (χ4n) is 4.18. The van der Waals surface area contributed by atoms with Gasteiger partial charge >= 0.3 is 5.97 Å². The maximum Gasteiger partial charge on any atom is 0.332 e. The van der Waals surface area contributed by atoms with E-state index in [9.17, 15) is 19.8 Å². The summed E-state index contributed by atoms with van der Waals surface area (Å²) in [7, 11) is 3.26. The SMILES string of the molecule is COc1ccc(COc2cc(C(=O)NC(Cc3ccc(-c4cccc(Cl)c4)cc3)CC(O)C(=O)O)nn2C)cc1. The second-order valence-corrected chi connectivity index (χ2v) is 9.74. The van der Waals surface area contributed by atoms with Gasteiger partial charge in [0.15, 0.2) is 11.8 Å². The number of carboxylic acid groups (broad SMARTS) is 1. The number of carboxylic acids is 1. The molecule has 0 saturated carbocycles. The molecule has 208 valence electrons. The predicted octanol–water partition coefficient (Wildman–Crippen LogP) is 4.50. The second-order valence-electron chi connectivity index (χ2n) is 9.30. The van der Waals surface area contributed by atoms with Crippen LogP contribution in [0.4, 0.5) is 0 Å². The van der Waals surface area contributed by atoms with Gasteiger partial charge in [0.2, 0.25) is 5.88 Å². The summed E-state index contributed by atoms with van der Waals surface area (Å²) < 4.78 is 12.4. The molecule has 0 spiro atoms. The van der Waals surface area contributed by atoms with Crippen molar-refractivity contribution in [3.63, 3.8) is 0 Å². The van der Waals surface area contributed by atoms with Gasteiger partial charge in [-0.3, -0.25) is 4.79 Å². The smallest absolute Gasteiger partial charge is 0.332 e. The van der Waals surface area contributed by atoms with Gasteiger partial charge in [0, 0.05) is 30.6 Å². The molecule has 2 unspecified atom stereocenters. The van der Waals surface area contributed by atoms with Crippen LogP contribution in [0.2, 0.25) is 5.02 Å². The van der Waals surface area contributed by atoms with Gasteiger partial charge in [0.05, 0.1) is 7.11 Å². The van der Waals surface area contributed by atoms with E-state index >= 15 is 0 Å². The van der Waals surface area contributed by atoms with Gasteiger partial charge in [-0.05, 0) is 52.9 Å². The molecule has 0 fully saturated rings. The van der Waals surface area contributed by atoms with Crippen LogP contribution in [-0.4, -0.2) is 51.1 Å². The third-order valence-corrected chi connectivity index (χ3v) is 6.57. The average Bonchev–Trinajstić information content (AvgIpc) is 3.33. The highest BCUT2D eigenvalue weighted by atomic mass is 35.5. The van der Waals surface area contributed by atoms with Crippen LogP contribution in [-0.2, 0) is 24.9 Å². The third kappa shape index (κ3) is 7.62. The lowest BCUT2D eigenvalue weighted by atomic mass is 9.97. The van der Waals surface area contributed by atoms with Gasteiger partial charge in [-0.2, -0.15) is 5.10 Å². The van der Waals surface area contributed by atoms with Gasteiger partial charge < -0.3 is 25.0 Å². The molecule has 2 atom stereocenters. The minimum atomic E-state index is -1.64. The number of hydrogen-bond donors (Lipinski definition) is 3. The lowest BCUT2D eigenvalue weighted by Crippen LogP contribution is -2.40. The summed E-state index contributed by atoms with van der Waals surface area (Å²) in [5, 5.41) is 27.0. The molecule has 0 aliphatic rings. The Morgan fingerprint density at radius 3 is 2.35 bits per heavy atom. The number of nitrogens with zero attached hydrogens (tertiary/aromatic N) is 2. The number of aliphatic hydroxyl groups is 1. The van der Waals surface area contributed by atoms with Crippen LogP contribution >= 0.6 is 11.6 Å². The molecule has 0 radical (unpaired) electrons. The number of hydrogen-bond acceptors (Lipinski definition) is 6. The van der Waals surface area contributed by atoms with E-state index in [2.05, 4.69) is 10.4 Å². The highest BCUT2D eigenvalue weighted by molar-refractivity contribution is 6.30. The van der Waals surface area contributed by atoms with Crippen molar-refractivity contribution >= 4 is 23.5 Å². The van der Waals surface area contributed by atoms with Crippen molar-refractivity contribution in [3.8, 4) is 22.8 Å². The van der Waals surface area contributed by atoms with Crippen LogP contribution in [0.1, 0.15) is 28.0 Å².